The summed E-state index contributed by atoms with van der Waals surface area (Å²) >= 11 is 6.03. The van der Waals surface area contributed by atoms with E-state index in [9.17, 15) is 19.8 Å². The molecule has 148 valence electrons. The van der Waals surface area contributed by atoms with Crippen molar-refractivity contribution in [1.29, 1.82) is 0 Å². The average molecular weight is 394 g/mol. The minimum Gasteiger partial charge on any atom is -0.481 e. The Balaban J connectivity index is 2.00. The number of carboxylic acids is 1. The second-order valence-electron chi connectivity index (χ2n) is 8.34. The summed E-state index contributed by atoms with van der Waals surface area (Å²) in [6.07, 6.45) is 1.84. The topological polar surface area (TPSA) is 77.8 Å². The van der Waals surface area contributed by atoms with Crippen molar-refractivity contribution < 1.29 is 19.8 Å². The maximum absolute atomic E-state index is 13.6. The van der Waals surface area contributed by atoms with E-state index in [0.717, 1.165) is 5.56 Å². The molecule has 1 aromatic carbocycles. The van der Waals surface area contributed by atoms with Crippen molar-refractivity contribution in [2.24, 2.45) is 23.2 Å². The van der Waals surface area contributed by atoms with E-state index in [-0.39, 0.29) is 36.4 Å². The van der Waals surface area contributed by atoms with Gasteiger partial charge in [-0.05, 0) is 48.8 Å². The Kier molecular flexibility index (Phi) is 5.55. The number of carbonyl (C=O) groups excluding carboxylic acids is 1. The predicted octanol–water partition coefficient (Wildman–Crippen LogP) is 3.75. The number of benzene rings is 1. The number of carboxylic acid groups (broad SMARTS) is 1. The first-order valence-electron chi connectivity index (χ1n) is 9.66. The van der Waals surface area contributed by atoms with Crippen LogP contribution in [0.25, 0.3) is 0 Å². The molecule has 6 heteroatoms. The summed E-state index contributed by atoms with van der Waals surface area (Å²) in [7, 11) is 0. The van der Waals surface area contributed by atoms with Gasteiger partial charge in [-0.2, -0.15) is 0 Å². The van der Waals surface area contributed by atoms with E-state index in [0.29, 0.717) is 24.3 Å². The molecule has 3 rings (SSSR count). The Morgan fingerprint density at radius 1 is 1.37 bits per heavy atom. The molecule has 2 unspecified atom stereocenters. The lowest BCUT2D eigenvalue weighted by molar-refractivity contribution is -0.161. The van der Waals surface area contributed by atoms with Gasteiger partial charge < -0.3 is 15.1 Å². The number of aliphatic carboxylic acids is 1. The molecule has 0 aromatic heterocycles. The fourth-order valence-electron chi connectivity index (χ4n) is 5.00. The van der Waals surface area contributed by atoms with Gasteiger partial charge in [-0.3, -0.25) is 9.59 Å². The molecule has 0 radical (unpaired) electrons. The van der Waals surface area contributed by atoms with Gasteiger partial charge in [0.1, 0.15) is 0 Å². The van der Waals surface area contributed by atoms with Crippen LogP contribution >= 0.6 is 11.6 Å². The van der Waals surface area contributed by atoms with Crippen LogP contribution in [0.5, 0.6) is 0 Å². The zero-order valence-electron chi connectivity index (χ0n) is 16.1. The van der Waals surface area contributed by atoms with Gasteiger partial charge in [0.2, 0.25) is 5.91 Å². The van der Waals surface area contributed by atoms with Gasteiger partial charge in [0, 0.05) is 5.02 Å². The largest absolute Gasteiger partial charge is 0.481 e. The highest BCUT2D eigenvalue weighted by Crippen LogP contribution is 2.59. The Labute approximate surface area is 165 Å². The number of hydrogen-bond acceptors (Lipinski definition) is 3. The van der Waals surface area contributed by atoms with Crippen molar-refractivity contribution in [2.75, 3.05) is 6.61 Å². The Hall–Kier alpha value is -1.59. The van der Waals surface area contributed by atoms with Crippen LogP contribution in [0.1, 0.15) is 51.6 Å². The van der Waals surface area contributed by atoms with Crippen molar-refractivity contribution in [3.8, 4) is 0 Å². The van der Waals surface area contributed by atoms with Crippen LogP contribution in [-0.2, 0) is 9.59 Å². The number of halogens is 1. The van der Waals surface area contributed by atoms with Crippen LogP contribution < -0.4 is 0 Å². The standard InChI is InChI=1S/C21H28ClNO4/c1-4-15(11-24)23-18(13-5-7-14(22)8-6-13)12(2)10-21(3,20(23)27)17-9-16(17)19(25)26/h5-8,12,15-18,24H,4,9-11H2,1-3H3,(H,25,26)/t12-,15-,16?,17?,18-,21+/m0/s1. The van der Waals surface area contributed by atoms with Crippen LogP contribution in [0.3, 0.4) is 0 Å². The lowest BCUT2D eigenvalue weighted by atomic mass is 9.68. The number of aliphatic hydroxyl groups excluding tert-OH is 1. The average Bonchev–Trinajstić information content (AvgIpc) is 3.43. The van der Waals surface area contributed by atoms with E-state index in [1.807, 2.05) is 43.0 Å². The summed E-state index contributed by atoms with van der Waals surface area (Å²) in [5.41, 5.74) is 0.299. The maximum Gasteiger partial charge on any atom is 0.306 e. The number of piperidine rings is 1. The number of hydrogen-bond donors (Lipinski definition) is 2. The third-order valence-electron chi connectivity index (χ3n) is 6.52. The minimum atomic E-state index is -0.817. The molecule has 2 fully saturated rings. The monoisotopic (exact) mass is 393 g/mol. The first-order valence-corrected chi connectivity index (χ1v) is 10.0. The molecule has 2 N–H and O–H groups in total. The molecule has 1 saturated heterocycles. The van der Waals surface area contributed by atoms with E-state index in [1.54, 1.807) is 0 Å². The molecule has 1 aromatic rings. The molecular formula is C21H28ClNO4. The van der Waals surface area contributed by atoms with E-state index < -0.39 is 17.3 Å². The maximum atomic E-state index is 13.6. The first kappa shape index (κ1) is 20.2. The molecule has 1 saturated carbocycles. The summed E-state index contributed by atoms with van der Waals surface area (Å²) in [5.74, 6) is -1.27. The molecule has 27 heavy (non-hydrogen) atoms. The Morgan fingerprint density at radius 2 is 2.00 bits per heavy atom. The smallest absolute Gasteiger partial charge is 0.306 e. The second kappa shape index (κ2) is 7.44. The van der Waals surface area contributed by atoms with Crippen molar-refractivity contribution >= 4 is 23.5 Å². The second-order valence-corrected chi connectivity index (χ2v) is 8.78. The van der Waals surface area contributed by atoms with Crippen molar-refractivity contribution in [2.45, 2.75) is 52.1 Å². The third-order valence-corrected chi connectivity index (χ3v) is 6.77. The zero-order valence-corrected chi connectivity index (χ0v) is 16.8. The summed E-state index contributed by atoms with van der Waals surface area (Å²) in [6.45, 7) is 5.87. The molecular weight excluding hydrogens is 366 g/mol. The normalized spacial score (nSPS) is 34.4. The number of carbonyl (C=O) groups is 2. The number of amides is 1. The van der Waals surface area contributed by atoms with Crippen molar-refractivity contribution in [3.05, 3.63) is 34.9 Å². The Bertz CT molecular complexity index is 717. The molecule has 2 aliphatic rings. The van der Waals surface area contributed by atoms with Gasteiger partial charge in [0.25, 0.3) is 0 Å². The zero-order chi connectivity index (χ0) is 19.9. The number of aliphatic hydroxyl groups is 1. The van der Waals surface area contributed by atoms with Gasteiger partial charge in [0.05, 0.1) is 30.0 Å². The van der Waals surface area contributed by atoms with Gasteiger partial charge in [-0.15, -0.1) is 0 Å². The van der Waals surface area contributed by atoms with Crippen molar-refractivity contribution in [1.82, 2.24) is 4.90 Å². The first-order chi connectivity index (χ1) is 12.7. The predicted molar refractivity (Wildman–Crippen MR) is 103 cm³/mol. The van der Waals surface area contributed by atoms with Gasteiger partial charge in [-0.25, -0.2) is 0 Å². The van der Waals surface area contributed by atoms with Gasteiger partial charge in [-0.1, -0.05) is 44.5 Å². The summed E-state index contributed by atoms with van der Waals surface area (Å²) < 4.78 is 0. The van der Waals surface area contributed by atoms with E-state index >= 15 is 0 Å². The summed E-state index contributed by atoms with van der Waals surface area (Å²) in [5, 5.41) is 20.0. The molecule has 1 heterocycles. The lowest BCUT2D eigenvalue weighted by Crippen LogP contribution is -2.57. The number of rotatable bonds is 6. The summed E-state index contributed by atoms with van der Waals surface area (Å²) in [6, 6.07) is 7.08. The van der Waals surface area contributed by atoms with E-state index in [2.05, 4.69) is 6.92 Å². The lowest BCUT2D eigenvalue weighted by Gasteiger charge is -2.51. The van der Waals surface area contributed by atoms with Crippen molar-refractivity contribution in [3.63, 3.8) is 0 Å². The Morgan fingerprint density at radius 3 is 2.48 bits per heavy atom. The SMILES string of the molecule is CC[C@@H](CO)N1C(=O)[C@@](C)(C2CC2C(=O)O)C[C@H](C)[C@H]1c1ccc(Cl)cc1. The molecule has 0 bridgehead atoms. The summed E-state index contributed by atoms with van der Waals surface area (Å²) in [4.78, 5) is 26.9. The van der Waals surface area contributed by atoms with Crippen LogP contribution in [-0.4, -0.2) is 39.6 Å². The number of likely N-dealkylation sites (tertiary alicyclic amines) is 1. The highest BCUT2D eigenvalue weighted by Gasteiger charge is 2.61. The van der Waals surface area contributed by atoms with Gasteiger partial charge in [0.15, 0.2) is 0 Å². The fraction of sp³-hybridized carbons (Fsp3) is 0.619. The molecule has 1 amide bonds. The minimum absolute atomic E-state index is 0.0322. The molecule has 5 nitrogen and oxygen atoms in total. The molecule has 0 spiro atoms. The number of nitrogens with zero attached hydrogens (tertiary/aromatic N) is 1. The molecule has 6 atom stereocenters. The fourth-order valence-corrected chi connectivity index (χ4v) is 5.13. The van der Waals surface area contributed by atoms with Gasteiger partial charge >= 0.3 is 5.97 Å². The van der Waals surface area contributed by atoms with Crippen LogP contribution in [0.2, 0.25) is 5.02 Å². The quantitative estimate of drug-likeness (QED) is 0.771. The van der Waals surface area contributed by atoms with Crippen LogP contribution in [0, 0.1) is 23.2 Å². The van der Waals surface area contributed by atoms with Crippen LogP contribution in [0.15, 0.2) is 24.3 Å². The molecule has 1 aliphatic carbocycles. The van der Waals surface area contributed by atoms with Crippen LogP contribution in [0.4, 0.5) is 0 Å². The third kappa shape index (κ3) is 3.47. The van der Waals surface area contributed by atoms with E-state index in [1.165, 1.54) is 0 Å². The highest BCUT2D eigenvalue weighted by molar-refractivity contribution is 6.30. The van der Waals surface area contributed by atoms with E-state index in [4.69, 9.17) is 11.6 Å². The highest BCUT2D eigenvalue weighted by atomic mass is 35.5. The molecule has 1 aliphatic heterocycles.